The number of hydrogen-bond donors (Lipinski definition) is 2. The first-order chi connectivity index (χ1) is 16.8. The first-order valence-corrected chi connectivity index (χ1v) is 12.1. The van der Waals surface area contributed by atoms with Crippen LogP contribution in [0, 0.1) is 17.6 Å². The molecule has 1 aliphatic rings. The largest absolute Gasteiger partial charge is 0.382 e. The van der Waals surface area contributed by atoms with Gasteiger partial charge in [-0.2, -0.15) is 10.2 Å². The molecule has 2 unspecified atom stereocenters. The second-order valence-corrected chi connectivity index (χ2v) is 9.69. The number of aliphatic hydroxyl groups is 1. The van der Waals surface area contributed by atoms with Gasteiger partial charge in [0.15, 0.2) is 0 Å². The molecule has 35 heavy (non-hydrogen) atoms. The Kier molecular flexibility index (Phi) is 6.27. The lowest BCUT2D eigenvalue weighted by Gasteiger charge is -2.35. The lowest BCUT2D eigenvalue weighted by Crippen LogP contribution is -2.41. The molecule has 2 aromatic carbocycles. The summed E-state index contributed by atoms with van der Waals surface area (Å²) in [6.45, 7) is 3.97. The fourth-order valence-corrected chi connectivity index (χ4v) is 5.24. The van der Waals surface area contributed by atoms with Crippen LogP contribution >= 0.6 is 0 Å². The summed E-state index contributed by atoms with van der Waals surface area (Å²) in [5.74, 6) is -0.914. The zero-order valence-corrected chi connectivity index (χ0v) is 19.9. The van der Waals surface area contributed by atoms with Crippen molar-refractivity contribution >= 4 is 16.6 Å². The minimum Gasteiger partial charge on any atom is -0.382 e. The van der Waals surface area contributed by atoms with Crippen molar-refractivity contribution in [2.75, 3.05) is 5.32 Å². The summed E-state index contributed by atoms with van der Waals surface area (Å²) < 4.78 is 31.7. The van der Waals surface area contributed by atoms with Crippen molar-refractivity contribution < 1.29 is 13.9 Å². The van der Waals surface area contributed by atoms with Crippen molar-refractivity contribution in [2.24, 2.45) is 5.92 Å². The Balaban J connectivity index is 1.49. The molecule has 184 valence electrons. The van der Waals surface area contributed by atoms with Crippen LogP contribution in [0.2, 0.25) is 0 Å². The van der Waals surface area contributed by atoms with Crippen LogP contribution in [-0.4, -0.2) is 35.7 Å². The molecule has 7 nitrogen and oxygen atoms in total. The molecule has 2 heterocycles. The number of nitrogens with one attached hydrogen (secondary N) is 1. The highest BCUT2D eigenvalue weighted by Crippen LogP contribution is 2.38. The van der Waals surface area contributed by atoms with Crippen LogP contribution in [0.25, 0.3) is 10.9 Å². The molecule has 0 aliphatic heterocycles. The van der Waals surface area contributed by atoms with Gasteiger partial charge in [0.2, 0.25) is 0 Å². The van der Waals surface area contributed by atoms with E-state index in [1.165, 1.54) is 42.7 Å². The van der Waals surface area contributed by atoms with Crippen molar-refractivity contribution in [2.45, 2.75) is 63.8 Å². The summed E-state index contributed by atoms with van der Waals surface area (Å²) in [5.41, 5.74) is 0.0270. The highest BCUT2D eigenvalue weighted by atomic mass is 19.1. The average molecular weight is 481 g/mol. The second kappa shape index (κ2) is 9.37. The number of benzene rings is 2. The van der Waals surface area contributed by atoms with E-state index in [1.54, 1.807) is 17.8 Å². The molecule has 1 fully saturated rings. The van der Waals surface area contributed by atoms with Crippen LogP contribution in [-0.2, 0) is 12.1 Å². The average Bonchev–Trinajstić information content (AvgIpc) is 3.49. The first-order valence-electron chi connectivity index (χ1n) is 12.1. The number of hydrogen-bond acceptors (Lipinski definition) is 5. The van der Waals surface area contributed by atoms with Gasteiger partial charge in [0.25, 0.3) is 0 Å². The molecule has 2 N–H and O–H groups in total. The molecule has 0 bridgehead atoms. The van der Waals surface area contributed by atoms with Gasteiger partial charge in [-0.3, -0.25) is 4.68 Å². The molecule has 5 rings (SSSR count). The van der Waals surface area contributed by atoms with Crippen molar-refractivity contribution in [1.29, 1.82) is 0 Å². The summed E-state index contributed by atoms with van der Waals surface area (Å²) in [6.07, 6.45) is 9.47. The maximum Gasteiger partial charge on any atom is 0.137 e. The van der Waals surface area contributed by atoms with Crippen molar-refractivity contribution in [3.05, 3.63) is 72.4 Å². The summed E-state index contributed by atoms with van der Waals surface area (Å²) in [4.78, 5) is 3.93. The number of fused-ring (bicyclic) bond motifs is 1. The highest BCUT2D eigenvalue weighted by molar-refractivity contribution is 5.82. The summed E-state index contributed by atoms with van der Waals surface area (Å²) >= 11 is 0. The van der Waals surface area contributed by atoms with Gasteiger partial charge in [-0.15, -0.1) is 0 Å². The van der Waals surface area contributed by atoms with Crippen LogP contribution in [0.15, 0.2) is 55.2 Å². The van der Waals surface area contributed by atoms with Gasteiger partial charge in [0.05, 0.1) is 24.3 Å². The number of rotatable bonds is 7. The van der Waals surface area contributed by atoms with Gasteiger partial charge < -0.3 is 10.4 Å². The van der Waals surface area contributed by atoms with Crippen molar-refractivity contribution in [3.63, 3.8) is 0 Å². The Morgan fingerprint density at radius 1 is 1.14 bits per heavy atom. The molecule has 4 atom stereocenters. The van der Waals surface area contributed by atoms with Gasteiger partial charge in [-0.1, -0.05) is 25.8 Å². The number of halogens is 2. The molecule has 0 saturated heterocycles. The molecule has 0 spiro atoms. The van der Waals surface area contributed by atoms with E-state index in [0.717, 1.165) is 35.1 Å². The Morgan fingerprint density at radius 2 is 1.97 bits per heavy atom. The van der Waals surface area contributed by atoms with Crippen LogP contribution in [0.3, 0.4) is 0 Å². The third-order valence-corrected chi connectivity index (χ3v) is 7.38. The Labute approximate surface area is 202 Å². The SMILES string of the molecule is CC1CCCCC1Nc1ccc2c(cnn2[C@H](C)[C@](O)(Cn2cncn2)c2ccc(F)cc2F)c1. The Hall–Kier alpha value is -3.33. The fourth-order valence-electron chi connectivity index (χ4n) is 5.24. The minimum atomic E-state index is -1.78. The zero-order chi connectivity index (χ0) is 24.6. The monoisotopic (exact) mass is 480 g/mol. The lowest BCUT2D eigenvalue weighted by molar-refractivity contribution is -0.0354. The van der Waals surface area contributed by atoms with Gasteiger partial charge in [-0.25, -0.2) is 18.4 Å². The van der Waals surface area contributed by atoms with E-state index in [2.05, 4.69) is 33.5 Å². The quantitative estimate of drug-likeness (QED) is 0.387. The van der Waals surface area contributed by atoms with Crippen LogP contribution in [0.4, 0.5) is 14.5 Å². The summed E-state index contributed by atoms with van der Waals surface area (Å²) in [7, 11) is 0. The van der Waals surface area contributed by atoms with Gasteiger partial charge >= 0.3 is 0 Å². The van der Waals surface area contributed by atoms with E-state index in [-0.39, 0.29) is 12.1 Å². The Bertz CT molecular complexity index is 1310. The third-order valence-electron chi connectivity index (χ3n) is 7.38. The molecule has 1 saturated carbocycles. The predicted octanol–water partition coefficient (Wildman–Crippen LogP) is 5.05. The topological polar surface area (TPSA) is 80.8 Å². The second-order valence-electron chi connectivity index (χ2n) is 9.69. The minimum absolute atomic E-state index is 0.0323. The first kappa shape index (κ1) is 23.4. The van der Waals surface area contributed by atoms with Crippen molar-refractivity contribution in [3.8, 4) is 0 Å². The van der Waals surface area contributed by atoms with Crippen LogP contribution < -0.4 is 5.32 Å². The molecule has 2 aromatic heterocycles. The normalized spacial score (nSPS) is 21.1. The van der Waals surface area contributed by atoms with Crippen LogP contribution in [0.5, 0.6) is 0 Å². The number of nitrogens with zero attached hydrogens (tertiary/aromatic N) is 5. The Morgan fingerprint density at radius 3 is 2.71 bits per heavy atom. The van der Waals surface area contributed by atoms with E-state index in [0.29, 0.717) is 12.0 Å². The molecule has 0 radical (unpaired) electrons. The molecule has 1 aliphatic carbocycles. The number of anilines is 1. The van der Waals surface area contributed by atoms with E-state index in [4.69, 9.17) is 0 Å². The highest BCUT2D eigenvalue weighted by Gasteiger charge is 2.41. The standard InChI is InChI=1S/C26H30F2N6O/c1-17-5-3-4-6-24(17)32-21-8-10-25-19(11-21)13-30-34(25)18(2)26(35,14-33-16-29-15-31-33)22-9-7-20(27)12-23(22)28/h7-13,15-18,24,32,35H,3-6,14H2,1-2H3/t17?,18-,24?,26-/m1/s1. The molecular weight excluding hydrogens is 450 g/mol. The number of aromatic nitrogens is 5. The maximum absolute atomic E-state index is 14.9. The summed E-state index contributed by atoms with van der Waals surface area (Å²) in [6, 6.07) is 8.97. The van der Waals surface area contributed by atoms with E-state index in [9.17, 15) is 13.9 Å². The van der Waals surface area contributed by atoms with E-state index in [1.807, 2.05) is 12.1 Å². The van der Waals surface area contributed by atoms with Gasteiger partial charge in [-0.05, 0) is 49.9 Å². The fraction of sp³-hybridized carbons (Fsp3) is 0.423. The van der Waals surface area contributed by atoms with Gasteiger partial charge in [0.1, 0.15) is 29.9 Å². The molecule has 9 heteroatoms. The zero-order valence-electron chi connectivity index (χ0n) is 19.9. The smallest absolute Gasteiger partial charge is 0.137 e. The molecule has 0 amide bonds. The predicted molar refractivity (Wildman–Crippen MR) is 130 cm³/mol. The molecular formula is C26H30F2N6O. The van der Waals surface area contributed by atoms with Crippen molar-refractivity contribution in [1.82, 2.24) is 24.5 Å². The third kappa shape index (κ3) is 4.52. The van der Waals surface area contributed by atoms with E-state index >= 15 is 0 Å². The van der Waals surface area contributed by atoms with Crippen LogP contribution in [0.1, 0.15) is 51.1 Å². The maximum atomic E-state index is 14.9. The molecule has 4 aromatic rings. The lowest BCUT2D eigenvalue weighted by atomic mass is 9.86. The van der Waals surface area contributed by atoms with Gasteiger partial charge in [0, 0.05) is 28.7 Å². The summed E-state index contributed by atoms with van der Waals surface area (Å²) in [5, 5.41) is 25.1. The van der Waals surface area contributed by atoms with E-state index < -0.39 is 23.3 Å².